The van der Waals surface area contributed by atoms with Crippen LogP contribution in [0.4, 0.5) is 0 Å². The molecular formula is C18H15N3O4S. The fourth-order valence-electron chi connectivity index (χ4n) is 2.45. The number of rotatable bonds is 4. The second-order valence-corrected chi connectivity index (χ2v) is 7.38. The molecule has 7 nitrogen and oxygen atoms in total. The Morgan fingerprint density at radius 3 is 2.19 bits per heavy atom. The zero-order valence-corrected chi connectivity index (χ0v) is 14.6. The van der Waals surface area contributed by atoms with Crippen LogP contribution in [-0.2, 0) is 9.84 Å². The minimum Gasteiger partial charge on any atom is -0.288 e. The number of carbonyl (C=O) groups is 1. The number of nitrogens with zero attached hydrogens (tertiary/aromatic N) is 2. The van der Waals surface area contributed by atoms with Crippen molar-refractivity contribution < 1.29 is 18.4 Å². The molecule has 0 spiro atoms. The Labute approximate surface area is 150 Å². The van der Waals surface area contributed by atoms with Crippen molar-refractivity contribution in [2.75, 3.05) is 0 Å². The third-order valence-corrected chi connectivity index (χ3v) is 5.44. The summed E-state index contributed by atoms with van der Waals surface area (Å²) in [5.41, 5.74) is 4.38. The lowest BCUT2D eigenvalue weighted by Crippen LogP contribution is -2.19. The number of hydroxylamine groups is 1. The fraction of sp³-hybridized carbons (Fsp3) is 0.0556. The van der Waals surface area contributed by atoms with E-state index in [4.69, 9.17) is 5.21 Å². The molecule has 2 aromatic carbocycles. The molecule has 0 radical (unpaired) electrons. The van der Waals surface area contributed by atoms with Gasteiger partial charge in [0.25, 0.3) is 11.1 Å². The number of benzene rings is 2. The summed E-state index contributed by atoms with van der Waals surface area (Å²) in [6.07, 6.45) is 2.07. The second kappa shape index (κ2) is 7.03. The third-order valence-electron chi connectivity index (χ3n) is 3.85. The predicted octanol–water partition coefficient (Wildman–Crippen LogP) is 2.40. The summed E-state index contributed by atoms with van der Waals surface area (Å²) in [7, 11) is -3.91. The second-order valence-electron chi connectivity index (χ2n) is 5.54. The summed E-state index contributed by atoms with van der Waals surface area (Å²) >= 11 is 0. The normalized spacial score (nSPS) is 11.2. The number of nitrogens with one attached hydrogen (secondary N) is 1. The SMILES string of the molecule is Cc1ccccc1-c1ccc(S(=O)(=O)c2ncc(C(=O)NO)cn2)cc1. The summed E-state index contributed by atoms with van der Waals surface area (Å²) in [5, 5.41) is 8.14. The number of hydrogen-bond donors (Lipinski definition) is 2. The molecule has 2 N–H and O–H groups in total. The molecule has 8 heteroatoms. The van der Waals surface area contributed by atoms with Crippen LogP contribution in [0.1, 0.15) is 15.9 Å². The first-order chi connectivity index (χ1) is 12.4. The van der Waals surface area contributed by atoms with Gasteiger partial charge in [-0.2, -0.15) is 0 Å². The summed E-state index contributed by atoms with van der Waals surface area (Å²) in [6, 6.07) is 14.3. The van der Waals surface area contributed by atoms with Crippen LogP contribution in [-0.4, -0.2) is 29.5 Å². The van der Waals surface area contributed by atoms with Crippen LogP contribution in [0.5, 0.6) is 0 Å². The van der Waals surface area contributed by atoms with Gasteiger partial charge in [-0.1, -0.05) is 36.4 Å². The van der Waals surface area contributed by atoms with Crippen molar-refractivity contribution in [3.8, 4) is 11.1 Å². The Balaban J connectivity index is 1.93. The molecule has 0 bridgehead atoms. The van der Waals surface area contributed by atoms with Crippen molar-refractivity contribution in [1.82, 2.24) is 15.4 Å². The number of amides is 1. The molecule has 0 atom stereocenters. The van der Waals surface area contributed by atoms with Gasteiger partial charge in [-0.15, -0.1) is 0 Å². The van der Waals surface area contributed by atoms with Gasteiger partial charge in [-0.25, -0.2) is 23.9 Å². The molecule has 1 aromatic heterocycles. The highest BCUT2D eigenvalue weighted by molar-refractivity contribution is 7.91. The molecule has 0 aliphatic carbocycles. The van der Waals surface area contributed by atoms with E-state index in [1.807, 2.05) is 31.2 Å². The van der Waals surface area contributed by atoms with Gasteiger partial charge in [0.15, 0.2) is 0 Å². The van der Waals surface area contributed by atoms with E-state index in [0.717, 1.165) is 29.1 Å². The molecule has 1 heterocycles. The Bertz CT molecular complexity index is 1050. The van der Waals surface area contributed by atoms with E-state index in [2.05, 4.69) is 9.97 Å². The first-order valence-electron chi connectivity index (χ1n) is 7.61. The quantitative estimate of drug-likeness (QED) is 0.415. The van der Waals surface area contributed by atoms with Crippen LogP contribution in [0.15, 0.2) is 71.0 Å². The van der Waals surface area contributed by atoms with Gasteiger partial charge >= 0.3 is 0 Å². The van der Waals surface area contributed by atoms with E-state index in [1.54, 1.807) is 12.1 Å². The molecule has 0 aliphatic rings. The molecule has 0 aliphatic heterocycles. The zero-order valence-electron chi connectivity index (χ0n) is 13.7. The molecule has 26 heavy (non-hydrogen) atoms. The van der Waals surface area contributed by atoms with Gasteiger partial charge < -0.3 is 0 Å². The van der Waals surface area contributed by atoms with Gasteiger partial charge in [0.05, 0.1) is 10.5 Å². The van der Waals surface area contributed by atoms with E-state index < -0.39 is 20.9 Å². The lowest BCUT2D eigenvalue weighted by Gasteiger charge is -2.08. The number of carbonyl (C=O) groups excluding carboxylic acids is 1. The van der Waals surface area contributed by atoms with E-state index in [0.29, 0.717) is 0 Å². The molecule has 1 amide bonds. The average molecular weight is 369 g/mol. The lowest BCUT2D eigenvalue weighted by molar-refractivity contribution is 0.0705. The van der Waals surface area contributed by atoms with Crippen LogP contribution in [0.2, 0.25) is 0 Å². The summed E-state index contributed by atoms with van der Waals surface area (Å²) in [6.45, 7) is 1.98. The van der Waals surface area contributed by atoms with Gasteiger partial charge in [0.1, 0.15) is 0 Å². The maximum absolute atomic E-state index is 12.6. The lowest BCUT2D eigenvalue weighted by atomic mass is 10.0. The molecule has 3 aromatic rings. The van der Waals surface area contributed by atoms with Gasteiger partial charge in [0.2, 0.25) is 9.84 Å². The Morgan fingerprint density at radius 2 is 1.62 bits per heavy atom. The van der Waals surface area contributed by atoms with Crippen LogP contribution < -0.4 is 5.48 Å². The highest BCUT2D eigenvalue weighted by Crippen LogP contribution is 2.25. The van der Waals surface area contributed by atoms with Crippen LogP contribution >= 0.6 is 0 Å². The first-order valence-corrected chi connectivity index (χ1v) is 9.09. The predicted molar refractivity (Wildman–Crippen MR) is 93.4 cm³/mol. The van der Waals surface area contributed by atoms with Gasteiger partial charge in [0, 0.05) is 12.4 Å². The molecule has 0 saturated heterocycles. The minimum absolute atomic E-state index is 0.0502. The van der Waals surface area contributed by atoms with E-state index in [1.165, 1.54) is 17.6 Å². The molecule has 0 unspecified atom stereocenters. The fourth-order valence-corrected chi connectivity index (χ4v) is 3.54. The topological polar surface area (TPSA) is 109 Å². The van der Waals surface area contributed by atoms with Crippen LogP contribution in [0, 0.1) is 6.92 Å². The van der Waals surface area contributed by atoms with Crippen LogP contribution in [0.3, 0.4) is 0 Å². The Kier molecular flexibility index (Phi) is 4.79. The van der Waals surface area contributed by atoms with Gasteiger partial charge in [-0.3, -0.25) is 10.0 Å². The maximum Gasteiger partial charge on any atom is 0.277 e. The standard InChI is InChI=1S/C18H15N3O4S/c1-12-4-2-3-5-16(12)13-6-8-15(9-7-13)26(24,25)18-19-10-14(11-20-18)17(22)21-23/h2-11,23H,1H3,(H,21,22). The van der Waals surface area contributed by atoms with Crippen molar-refractivity contribution in [3.63, 3.8) is 0 Å². The average Bonchev–Trinajstić information content (AvgIpc) is 2.68. The minimum atomic E-state index is -3.91. The summed E-state index contributed by atoms with van der Waals surface area (Å²) in [4.78, 5) is 18.7. The highest BCUT2D eigenvalue weighted by atomic mass is 32.2. The smallest absolute Gasteiger partial charge is 0.277 e. The van der Waals surface area contributed by atoms with E-state index in [-0.39, 0.29) is 10.5 Å². The highest BCUT2D eigenvalue weighted by Gasteiger charge is 2.21. The summed E-state index contributed by atoms with van der Waals surface area (Å²) < 4.78 is 25.2. The molecule has 3 rings (SSSR count). The van der Waals surface area contributed by atoms with Crippen molar-refractivity contribution >= 4 is 15.7 Å². The largest absolute Gasteiger partial charge is 0.288 e. The number of sulfone groups is 1. The zero-order chi connectivity index (χ0) is 18.7. The maximum atomic E-state index is 12.6. The van der Waals surface area contributed by atoms with Crippen LogP contribution in [0.25, 0.3) is 11.1 Å². The Hall–Kier alpha value is -3.10. The summed E-state index contributed by atoms with van der Waals surface area (Å²) in [5.74, 6) is -0.823. The van der Waals surface area contributed by atoms with Gasteiger partial charge in [-0.05, 0) is 35.7 Å². The van der Waals surface area contributed by atoms with Crippen molar-refractivity contribution in [2.45, 2.75) is 17.0 Å². The third kappa shape index (κ3) is 3.32. The van der Waals surface area contributed by atoms with Crippen molar-refractivity contribution in [2.24, 2.45) is 0 Å². The van der Waals surface area contributed by atoms with E-state index >= 15 is 0 Å². The number of aromatic nitrogens is 2. The number of hydrogen-bond acceptors (Lipinski definition) is 6. The molecule has 132 valence electrons. The van der Waals surface area contributed by atoms with E-state index in [9.17, 15) is 13.2 Å². The molecular weight excluding hydrogens is 354 g/mol. The van der Waals surface area contributed by atoms with Crippen molar-refractivity contribution in [1.29, 1.82) is 0 Å². The molecule has 0 saturated carbocycles. The number of aryl methyl sites for hydroxylation is 1. The monoisotopic (exact) mass is 369 g/mol. The first kappa shape index (κ1) is 17.7. The Morgan fingerprint density at radius 1 is 1.00 bits per heavy atom. The van der Waals surface area contributed by atoms with Crippen molar-refractivity contribution in [3.05, 3.63) is 72.1 Å². The molecule has 0 fully saturated rings.